The molecule has 0 bridgehead atoms. The highest BCUT2D eigenvalue weighted by Gasteiger charge is 2.14. The molecule has 0 fully saturated rings. The number of halogens is 1. The predicted molar refractivity (Wildman–Crippen MR) is 76.9 cm³/mol. The Morgan fingerprint density at radius 1 is 1.29 bits per heavy atom. The molecule has 0 radical (unpaired) electrons. The summed E-state index contributed by atoms with van der Waals surface area (Å²) in [5.74, 6) is 0.473. The third kappa shape index (κ3) is 3.35. The van der Waals surface area contributed by atoms with Crippen molar-refractivity contribution in [2.75, 3.05) is 0 Å². The van der Waals surface area contributed by atoms with Crippen molar-refractivity contribution in [1.29, 1.82) is 0 Å². The van der Waals surface area contributed by atoms with Gasteiger partial charge in [0.2, 0.25) is 0 Å². The third-order valence-corrected chi connectivity index (χ3v) is 3.06. The van der Waals surface area contributed by atoms with E-state index in [1.807, 2.05) is 0 Å². The van der Waals surface area contributed by atoms with E-state index in [9.17, 15) is 14.5 Å². The smallest absolute Gasteiger partial charge is 0.272 e. The lowest BCUT2D eigenvalue weighted by Gasteiger charge is -2.14. The zero-order chi connectivity index (χ0) is 15.6. The molecule has 6 heteroatoms. The largest absolute Gasteiger partial charge is 0.457 e. The summed E-state index contributed by atoms with van der Waals surface area (Å²) in [7, 11) is 0. The maximum absolute atomic E-state index is 13.3. The summed E-state index contributed by atoms with van der Waals surface area (Å²) < 4.78 is 18.9. The second-order valence-corrected chi connectivity index (χ2v) is 4.78. The Bertz CT molecular complexity index is 687. The van der Waals surface area contributed by atoms with Gasteiger partial charge in [0.15, 0.2) is 0 Å². The minimum atomic E-state index is -0.454. The number of aryl methyl sites for hydroxylation is 1. The molecule has 2 N–H and O–H groups in total. The SMILES string of the molecule is Cc1cc(Oc2ccc(F)cc2[C@H](C)N)ccc1[N+](=O)[O-]. The fourth-order valence-electron chi connectivity index (χ4n) is 1.99. The van der Waals surface area contributed by atoms with Crippen LogP contribution >= 0.6 is 0 Å². The van der Waals surface area contributed by atoms with E-state index in [-0.39, 0.29) is 5.69 Å². The van der Waals surface area contributed by atoms with Crippen molar-refractivity contribution in [3.8, 4) is 11.5 Å². The van der Waals surface area contributed by atoms with Gasteiger partial charge in [-0.25, -0.2) is 4.39 Å². The molecule has 0 saturated carbocycles. The normalized spacial score (nSPS) is 12.0. The van der Waals surface area contributed by atoms with E-state index in [2.05, 4.69) is 0 Å². The van der Waals surface area contributed by atoms with Crippen molar-refractivity contribution in [1.82, 2.24) is 0 Å². The molecule has 0 spiro atoms. The summed E-state index contributed by atoms with van der Waals surface area (Å²) in [6, 6.07) is 8.13. The van der Waals surface area contributed by atoms with Gasteiger partial charge < -0.3 is 10.5 Å². The lowest BCUT2D eigenvalue weighted by atomic mass is 10.1. The number of nitro benzene ring substituents is 1. The van der Waals surface area contributed by atoms with Gasteiger partial charge in [-0.15, -0.1) is 0 Å². The van der Waals surface area contributed by atoms with Gasteiger partial charge >= 0.3 is 0 Å². The molecule has 2 rings (SSSR count). The number of ether oxygens (including phenoxy) is 1. The van der Waals surface area contributed by atoms with Gasteiger partial charge in [0.05, 0.1) is 4.92 Å². The van der Waals surface area contributed by atoms with Crippen molar-refractivity contribution in [3.63, 3.8) is 0 Å². The summed E-state index contributed by atoms with van der Waals surface area (Å²) in [4.78, 5) is 10.3. The molecule has 0 aliphatic rings. The molecule has 5 nitrogen and oxygen atoms in total. The number of nitro groups is 1. The summed E-state index contributed by atoms with van der Waals surface area (Å²) >= 11 is 0. The average Bonchev–Trinajstić information content (AvgIpc) is 2.40. The Hall–Kier alpha value is -2.47. The van der Waals surface area contributed by atoms with Crippen LogP contribution in [0.25, 0.3) is 0 Å². The number of benzene rings is 2. The maximum Gasteiger partial charge on any atom is 0.272 e. The second-order valence-electron chi connectivity index (χ2n) is 4.78. The van der Waals surface area contributed by atoms with E-state index in [1.54, 1.807) is 19.9 Å². The Kier molecular flexibility index (Phi) is 4.18. The standard InChI is InChI=1S/C15H15FN2O3/c1-9-7-12(4-5-14(9)18(19)20)21-15-6-3-11(16)8-13(15)10(2)17/h3-8,10H,17H2,1-2H3/t10-/m0/s1. The Morgan fingerprint density at radius 2 is 2.00 bits per heavy atom. The van der Waals surface area contributed by atoms with Crippen LogP contribution in [0.4, 0.5) is 10.1 Å². The number of hydrogen-bond donors (Lipinski definition) is 1. The predicted octanol–water partition coefficient (Wildman–Crippen LogP) is 3.85. The van der Waals surface area contributed by atoms with Crippen LogP contribution in [0.1, 0.15) is 24.1 Å². The Balaban J connectivity index is 2.34. The van der Waals surface area contributed by atoms with Crippen LogP contribution in [0.2, 0.25) is 0 Å². The summed E-state index contributed by atoms with van der Waals surface area (Å²) in [6.45, 7) is 3.35. The van der Waals surface area contributed by atoms with E-state index >= 15 is 0 Å². The van der Waals surface area contributed by atoms with Crippen LogP contribution in [0.15, 0.2) is 36.4 Å². The van der Waals surface area contributed by atoms with E-state index in [0.717, 1.165) is 0 Å². The molecular formula is C15H15FN2O3. The molecule has 0 aliphatic heterocycles. The van der Waals surface area contributed by atoms with E-state index < -0.39 is 16.8 Å². The Morgan fingerprint density at radius 3 is 2.57 bits per heavy atom. The average molecular weight is 290 g/mol. The molecule has 0 unspecified atom stereocenters. The molecule has 2 aromatic carbocycles. The molecule has 0 saturated heterocycles. The van der Waals surface area contributed by atoms with Crippen LogP contribution in [0.5, 0.6) is 11.5 Å². The minimum Gasteiger partial charge on any atom is -0.457 e. The monoisotopic (exact) mass is 290 g/mol. The Labute approximate surface area is 121 Å². The molecule has 21 heavy (non-hydrogen) atoms. The molecule has 0 aromatic heterocycles. The van der Waals surface area contributed by atoms with Gasteiger partial charge in [-0.2, -0.15) is 0 Å². The topological polar surface area (TPSA) is 78.4 Å². The van der Waals surface area contributed by atoms with Gasteiger partial charge in [0.25, 0.3) is 5.69 Å². The number of nitrogens with two attached hydrogens (primary N) is 1. The van der Waals surface area contributed by atoms with Crippen molar-refractivity contribution < 1.29 is 14.1 Å². The van der Waals surface area contributed by atoms with Gasteiger partial charge in [0.1, 0.15) is 17.3 Å². The van der Waals surface area contributed by atoms with E-state index in [4.69, 9.17) is 10.5 Å². The van der Waals surface area contributed by atoms with Crippen molar-refractivity contribution in [2.45, 2.75) is 19.9 Å². The molecule has 2 aromatic rings. The van der Waals surface area contributed by atoms with Crippen LogP contribution in [0.3, 0.4) is 0 Å². The number of rotatable bonds is 4. The first-order chi connectivity index (χ1) is 9.88. The maximum atomic E-state index is 13.3. The molecule has 0 heterocycles. The second kappa shape index (κ2) is 5.88. The third-order valence-electron chi connectivity index (χ3n) is 3.06. The van der Waals surface area contributed by atoms with Gasteiger partial charge in [-0.1, -0.05) is 0 Å². The fourth-order valence-corrected chi connectivity index (χ4v) is 1.99. The minimum absolute atomic E-state index is 0.0221. The molecule has 0 amide bonds. The number of hydrogen-bond acceptors (Lipinski definition) is 4. The van der Waals surface area contributed by atoms with E-state index in [1.165, 1.54) is 30.3 Å². The highest BCUT2D eigenvalue weighted by atomic mass is 19.1. The van der Waals surface area contributed by atoms with Crippen molar-refractivity contribution in [2.24, 2.45) is 5.73 Å². The summed E-state index contributed by atoms with van der Waals surface area (Å²) in [6.07, 6.45) is 0. The van der Waals surface area contributed by atoms with Gasteiger partial charge in [-0.3, -0.25) is 10.1 Å². The first-order valence-electron chi connectivity index (χ1n) is 6.36. The van der Waals surface area contributed by atoms with Crippen LogP contribution < -0.4 is 10.5 Å². The lowest BCUT2D eigenvalue weighted by molar-refractivity contribution is -0.385. The highest BCUT2D eigenvalue weighted by molar-refractivity contribution is 5.47. The first kappa shape index (κ1) is 14.9. The summed E-state index contributed by atoms with van der Waals surface area (Å²) in [5, 5.41) is 10.8. The molecule has 110 valence electrons. The van der Waals surface area contributed by atoms with Crippen LogP contribution in [-0.2, 0) is 0 Å². The first-order valence-corrected chi connectivity index (χ1v) is 6.36. The van der Waals surface area contributed by atoms with Crippen LogP contribution in [0, 0.1) is 22.9 Å². The molecular weight excluding hydrogens is 275 g/mol. The highest BCUT2D eigenvalue weighted by Crippen LogP contribution is 2.31. The van der Waals surface area contributed by atoms with E-state index in [0.29, 0.717) is 22.6 Å². The quantitative estimate of drug-likeness (QED) is 0.685. The van der Waals surface area contributed by atoms with Crippen molar-refractivity contribution in [3.05, 3.63) is 63.5 Å². The summed E-state index contributed by atoms with van der Waals surface area (Å²) in [5.41, 5.74) is 6.84. The van der Waals surface area contributed by atoms with Gasteiger partial charge in [0, 0.05) is 23.2 Å². The number of nitrogens with zero attached hydrogens (tertiary/aromatic N) is 1. The van der Waals surface area contributed by atoms with Crippen LogP contribution in [-0.4, -0.2) is 4.92 Å². The molecule has 0 aliphatic carbocycles. The molecule has 1 atom stereocenters. The lowest BCUT2D eigenvalue weighted by Crippen LogP contribution is -2.07. The fraction of sp³-hybridized carbons (Fsp3) is 0.200. The zero-order valence-corrected chi connectivity index (χ0v) is 11.7. The van der Waals surface area contributed by atoms with Gasteiger partial charge in [-0.05, 0) is 44.2 Å². The zero-order valence-electron chi connectivity index (χ0n) is 11.7. The van der Waals surface area contributed by atoms with Crippen molar-refractivity contribution >= 4 is 5.69 Å².